The van der Waals surface area contributed by atoms with E-state index in [1.807, 2.05) is 6.92 Å². The van der Waals surface area contributed by atoms with Gasteiger partial charge in [0.1, 0.15) is 17.3 Å². The zero-order valence-electron chi connectivity index (χ0n) is 12.0. The molecule has 0 saturated heterocycles. The van der Waals surface area contributed by atoms with Crippen LogP contribution < -0.4 is 4.74 Å². The third kappa shape index (κ3) is 3.71. The molecule has 0 atom stereocenters. The predicted molar refractivity (Wildman–Crippen MR) is 81.5 cm³/mol. The van der Waals surface area contributed by atoms with Crippen LogP contribution in [0.5, 0.6) is 5.75 Å². The molecule has 0 amide bonds. The lowest BCUT2D eigenvalue weighted by molar-refractivity contribution is 0.350. The van der Waals surface area contributed by atoms with Crippen molar-refractivity contribution in [3.63, 3.8) is 0 Å². The highest BCUT2D eigenvalue weighted by atomic mass is 32.2. The minimum absolute atomic E-state index is 0.175. The molecule has 5 heteroatoms. The van der Waals surface area contributed by atoms with Gasteiger partial charge in [0.25, 0.3) is 0 Å². The van der Waals surface area contributed by atoms with Crippen LogP contribution in [-0.2, 0) is 10.0 Å². The van der Waals surface area contributed by atoms with Gasteiger partial charge in [-0.05, 0) is 24.6 Å². The number of ether oxygens (including phenoxy) is 1. The second-order valence-electron chi connectivity index (χ2n) is 4.29. The van der Waals surface area contributed by atoms with Gasteiger partial charge in [0, 0.05) is 13.1 Å². The van der Waals surface area contributed by atoms with E-state index in [9.17, 15) is 8.42 Å². The summed E-state index contributed by atoms with van der Waals surface area (Å²) in [7, 11) is -3.59. The summed E-state index contributed by atoms with van der Waals surface area (Å²) in [4.78, 5) is 0.175. The Bertz CT molecular complexity index is 579. The lowest BCUT2D eigenvalue weighted by Gasteiger charge is -2.20. The van der Waals surface area contributed by atoms with Gasteiger partial charge in [-0.15, -0.1) is 6.58 Å². The van der Waals surface area contributed by atoms with E-state index in [4.69, 9.17) is 4.74 Å². The summed E-state index contributed by atoms with van der Waals surface area (Å²) in [5.74, 6) is 0.354. The number of nitrogens with zero attached hydrogens (tertiary/aromatic N) is 1. The fraction of sp³-hybridized carbons (Fsp3) is 0.333. The minimum atomic E-state index is -3.59. The normalized spacial score (nSPS) is 11.3. The maximum atomic E-state index is 12.6. The fourth-order valence-electron chi connectivity index (χ4n) is 1.77. The molecule has 0 saturated carbocycles. The summed E-state index contributed by atoms with van der Waals surface area (Å²) in [6, 6.07) is 5.06. The summed E-state index contributed by atoms with van der Waals surface area (Å²) < 4.78 is 32.1. The van der Waals surface area contributed by atoms with Crippen LogP contribution in [0.25, 0.3) is 0 Å². The molecule has 1 rings (SSSR count). The van der Waals surface area contributed by atoms with Crippen LogP contribution in [0.2, 0.25) is 0 Å². The highest BCUT2D eigenvalue weighted by Crippen LogP contribution is 2.28. The smallest absolute Gasteiger partial charge is 0.247 e. The molecular formula is C15H21NO3S. The van der Waals surface area contributed by atoms with Crippen LogP contribution in [-0.4, -0.2) is 32.4 Å². The largest absolute Gasteiger partial charge is 0.488 e. The Morgan fingerprint density at radius 1 is 1.30 bits per heavy atom. The number of rotatable bonds is 8. The number of aryl methyl sites for hydroxylation is 1. The first kappa shape index (κ1) is 16.5. The third-order valence-corrected chi connectivity index (χ3v) is 4.74. The van der Waals surface area contributed by atoms with E-state index in [2.05, 4.69) is 13.2 Å². The molecule has 0 N–H and O–H groups in total. The van der Waals surface area contributed by atoms with Crippen molar-refractivity contribution in [2.75, 3.05) is 19.7 Å². The van der Waals surface area contributed by atoms with Gasteiger partial charge >= 0.3 is 0 Å². The summed E-state index contributed by atoms with van der Waals surface area (Å²) in [5, 5.41) is 0. The fourth-order valence-corrected chi connectivity index (χ4v) is 3.30. The quantitative estimate of drug-likeness (QED) is 0.693. The molecule has 0 aliphatic heterocycles. The van der Waals surface area contributed by atoms with Crippen molar-refractivity contribution in [2.24, 2.45) is 0 Å². The van der Waals surface area contributed by atoms with E-state index in [-0.39, 0.29) is 18.0 Å². The highest BCUT2D eigenvalue weighted by molar-refractivity contribution is 7.89. The molecule has 0 aliphatic carbocycles. The first-order valence-corrected chi connectivity index (χ1v) is 7.86. The van der Waals surface area contributed by atoms with Crippen molar-refractivity contribution >= 4 is 10.0 Å². The van der Waals surface area contributed by atoms with Crippen molar-refractivity contribution in [1.29, 1.82) is 0 Å². The molecule has 0 fully saturated rings. The second-order valence-corrected chi connectivity index (χ2v) is 6.20. The number of likely N-dealkylation sites (N-methyl/N-ethyl adjacent to an activating group) is 1. The van der Waals surface area contributed by atoms with E-state index in [0.717, 1.165) is 5.56 Å². The van der Waals surface area contributed by atoms with Gasteiger partial charge in [0.15, 0.2) is 0 Å². The van der Waals surface area contributed by atoms with Gasteiger partial charge in [-0.3, -0.25) is 0 Å². The Morgan fingerprint density at radius 3 is 2.55 bits per heavy atom. The molecule has 0 radical (unpaired) electrons. The first-order chi connectivity index (χ1) is 9.47. The van der Waals surface area contributed by atoms with Crippen molar-refractivity contribution in [3.8, 4) is 5.75 Å². The summed E-state index contributed by atoms with van der Waals surface area (Å²) in [6.07, 6.45) is 3.15. The lowest BCUT2D eigenvalue weighted by Crippen LogP contribution is -2.31. The molecule has 0 unspecified atom stereocenters. The molecule has 1 aromatic rings. The van der Waals surface area contributed by atoms with Crippen LogP contribution in [0.4, 0.5) is 0 Å². The Hall–Kier alpha value is -1.59. The number of hydrogen-bond donors (Lipinski definition) is 0. The summed E-state index contributed by atoms with van der Waals surface area (Å²) in [6.45, 7) is 11.8. The van der Waals surface area contributed by atoms with E-state index < -0.39 is 10.0 Å². The average Bonchev–Trinajstić information content (AvgIpc) is 2.42. The number of hydrogen-bond acceptors (Lipinski definition) is 3. The van der Waals surface area contributed by atoms with Crippen molar-refractivity contribution in [2.45, 2.75) is 18.7 Å². The van der Waals surface area contributed by atoms with Gasteiger partial charge in [0.2, 0.25) is 10.0 Å². The molecule has 0 aliphatic rings. The van der Waals surface area contributed by atoms with Crippen LogP contribution in [0.15, 0.2) is 48.4 Å². The first-order valence-electron chi connectivity index (χ1n) is 6.42. The van der Waals surface area contributed by atoms with Crippen LogP contribution in [0.1, 0.15) is 12.5 Å². The van der Waals surface area contributed by atoms with Crippen molar-refractivity contribution in [1.82, 2.24) is 4.31 Å². The SMILES string of the molecule is C=CCOc1cc(C)ccc1S(=O)(=O)N(CC)CC=C. The molecule has 0 aromatic heterocycles. The molecule has 0 bridgehead atoms. The molecule has 1 aromatic carbocycles. The molecule has 20 heavy (non-hydrogen) atoms. The van der Waals surface area contributed by atoms with Gasteiger partial charge < -0.3 is 4.74 Å². The van der Waals surface area contributed by atoms with Crippen LogP contribution >= 0.6 is 0 Å². The zero-order valence-corrected chi connectivity index (χ0v) is 12.8. The molecule has 4 nitrogen and oxygen atoms in total. The Kier molecular flexibility index (Phi) is 5.98. The minimum Gasteiger partial charge on any atom is -0.488 e. The molecule has 110 valence electrons. The zero-order chi connectivity index (χ0) is 15.2. The second kappa shape index (κ2) is 7.26. The number of benzene rings is 1. The van der Waals surface area contributed by atoms with Crippen molar-refractivity contribution in [3.05, 3.63) is 49.1 Å². The molecule has 0 spiro atoms. The van der Waals surface area contributed by atoms with E-state index in [1.165, 1.54) is 4.31 Å². The van der Waals surface area contributed by atoms with E-state index in [1.54, 1.807) is 37.3 Å². The summed E-state index contributed by atoms with van der Waals surface area (Å²) >= 11 is 0. The monoisotopic (exact) mass is 295 g/mol. The average molecular weight is 295 g/mol. The highest BCUT2D eigenvalue weighted by Gasteiger charge is 2.25. The van der Waals surface area contributed by atoms with Gasteiger partial charge in [-0.1, -0.05) is 31.7 Å². The predicted octanol–water partition coefficient (Wildman–Crippen LogP) is 2.76. The van der Waals surface area contributed by atoms with Crippen molar-refractivity contribution < 1.29 is 13.2 Å². The maximum absolute atomic E-state index is 12.6. The standard InChI is InChI=1S/C15H21NO3S/c1-5-10-16(7-3)20(17,18)15-9-8-13(4)12-14(15)19-11-6-2/h5-6,8-9,12H,1-2,7,10-11H2,3-4H3. The Morgan fingerprint density at radius 2 is 2.00 bits per heavy atom. The van der Waals surface area contributed by atoms with E-state index >= 15 is 0 Å². The van der Waals surface area contributed by atoms with Crippen LogP contribution in [0.3, 0.4) is 0 Å². The Labute approximate surface area is 121 Å². The third-order valence-electron chi connectivity index (χ3n) is 2.76. The number of sulfonamides is 1. The van der Waals surface area contributed by atoms with E-state index in [0.29, 0.717) is 12.3 Å². The topological polar surface area (TPSA) is 46.6 Å². The lowest BCUT2D eigenvalue weighted by atomic mass is 10.2. The molecule has 0 heterocycles. The van der Waals surface area contributed by atoms with Gasteiger partial charge in [-0.25, -0.2) is 8.42 Å². The summed E-state index contributed by atoms with van der Waals surface area (Å²) in [5.41, 5.74) is 0.940. The maximum Gasteiger partial charge on any atom is 0.247 e. The van der Waals surface area contributed by atoms with Gasteiger partial charge in [-0.2, -0.15) is 4.31 Å². The Balaban J connectivity index is 3.28. The molecular weight excluding hydrogens is 274 g/mol. The van der Waals surface area contributed by atoms with Gasteiger partial charge in [0.05, 0.1) is 0 Å². The van der Waals surface area contributed by atoms with Crippen LogP contribution in [0, 0.1) is 6.92 Å².